The van der Waals surface area contributed by atoms with Crippen LogP contribution in [0, 0.1) is 0 Å². The monoisotopic (exact) mass is 627 g/mol. The number of fused-ring (bicyclic) bond motifs is 2. The van der Waals surface area contributed by atoms with E-state index in [9.17, 15) is 19.5 Å². The number of benzene rings is 3. The smallest absolute Gasteiger partial charge is 0.408 e. The van der Waals surface area contributed by atoms with Crippen LogP contribution in [-0.2, 0) is 16.1 Å². The Kier molecular flexibility index (Phi) is 9.08. The van der Waals surface area contributed by atoms with E-state index in [1.165, 1.54) is 9.80 Å². The second-order valence-electron chi connectivity index (χ2n) is 10.7. The maximum Gasteiger partial charge on any atom is 0.408 e. The van der Waals surface area contributed by atoms with Crippen LogP contribution >= 0.6 is 15.9 Å². The first-order chi connectivity index (χ1) is 19.4. The number of amides is 3. The molecule has 0 saturated carbocycles. The quantitative estimate of drug-likeness (QED) is 0.396. The van der Waals surface area contributed by atoms with Gasteiger partial charge in [0, 0.05) is 23.6 Å². The number of alkyl carbamates (subject to hydrolysis) is 1. The van der Waals surface area contributed by atoms with Gasteiger partial charge < -0.3 is 34.4 Å². The van der Waals surface area contributed by atoms with Crippen LogP contribution in [0.5, 0.6) is 11.5 Å². The second-order valence-corrected chi connectivity index (χ2v) is 11.6. The highest BCUT2D eigenvalue weighted by Crippen LogP contribution is 2.39. The zero-order valence-corrected chi connectivity index (χ0v) is 25.3. The third-order valence-corrected chi connectivity index (χ3v) is 7.03. The second kappa shape index (κ2) is 12.4. The first kappa shape index (κ1) is 30.1. The Balaban J connectivity index is 1.83. The molecule has 1 aliphatic rings. The van der Waals surface area contributed by atoms with Crippen LogP contribution < -0.4 is 19.7 Å². The van der Waals surface area contributed by atoms with E-state index in [0.717, 1.165) is 20.8 Å². The van der Waals surface area contributed by atoms with Gasteiger partial charge in [0.1, 0.15) is 24.0 Å². The van der Waals surface area contributed by atoms with Gasteiger partial charge in [0.25, 0.3) is 11.8 Å². The molecule has 0 fully saturated rings. The molecule has 0 aromatic heterocycles. The van der Waals surface area contributed by atoms with Crippen molar-refractivity contribution in [2.24, 2.45) is 0 Å². The maximum absolute atomic E-state index is 14.1. The number of hydrogen-bond acceptors (Lipinski definition) is 7. The molecule has 11 heteroatoms. The first-order valence-electron chi connectivity index (χ1n) is 13.1. The largest absolute Gasteiger partial charge is 0.496 e. The van der Waals surface area contributed by atoms with Gasteiger partial charge in [-0.15, -0.1) is 0 Å². The molecule has 4 rings (SSSR count). The van der Waals surface area contributed by atoms with E-state index in [2.05, 4.69) is 21.2 Å². The fourth-order valence-corrected chi connectivity index (χ4v) is 5.01. The lowest BCUT2D eigenvalue weighted by Gasteiger charge is -2.27. The molecule has 1 aliphatic heterocycles. The number of para-hydroxylation sites is 1. The van der Waals surface area contributed by atoms with E-state index in [-0.39, 0.29) is 43.5 Å². The van der Waals surface area contributed by atoms with Crippen LogP contribution in [0.3, 0.4) is 0 Å². The van der Waals surface area contributed by atoms with Crippen molar-refractivity contribution in [1.29, 1.82) is 0 Å². The van der Waals surface area contributed by atoms with E-state index < -0.39 is 23.6 Å². The molecule has 0 bridgehead atoms. The third-order valence-electron chi connectivity index (χ3n) is 6.53. The number of carbonyl (C=O) groups excluding carboxylic acids is 3. The van der Waals surface area contributed by atoms with Crippen molar-refractivity contribution in [1.82, 2.24) is 10.2 Å². The molecule has 3 aromatic rings. The van der Waals surface area contributed by atoms with Crippen molar-refractivity contribution in [3.8, 4) is 11.5 Å². The number of ether oxygens (including phenoxy) is 3. The molecule has 3 amide bonds. The molecule has 41 heavy (non-hydrogen) atoms. The van der Waals surface area contributed by atoms with Crippen LogP contribution in [-0.4, -0.2) is 73.5 Å². The summed E-state index contributed by atoms with van der Waals surface area (Å²) in [5, 5.41) is 13.8. The SMILES string of the molecule is COc1ccc2cc(Br)ccc2c1CN1C(=O)[C@@H](NC(=O)OC(C)(C)C)COc2c(C(=O)N(C)CCO)cccc21. The lowest BCUT2D eigenvalue weighted by molar-refractivity contribution is -0.121. The molecule has 218 valence electrons. The summed E-state index contributed by atoms with van der Waals surface area (Å²) in [4.78, 5) is 43.0. The Morgan fingerprint density at radius 1 is 1.20 bits per heavy atom. The number of carbonyl (C=O) groups is 3. The molecule has 0 unspecified atom stereocenters. The number of nitrogens with one attached hydrogen (secondary N) is 1. The minimum atomic E-state index is -1.11. The van der Waals surface area contributed by atoms with Crippen LogP contribution in [0.4, 0.5) is 10.5 Å². The van der Waals surface area contributed by atoms with Gasteiger partial charge in [-0.05, 0) is 61.9 Å². The number of halogens is 1. The van der Waals surface area contributed by atoms with Crippen molar-refractivity contribution in [2.45, 2.75) is 39.0 Å². The molecular weight excluding hydrogens is 594 g/mol. The molecular formula is C30H34BrN3O7. The van der Waals surface area contributed by atoms with Crippen molar-refractivity contribution >= 4 is 50.3 Å². The normalized spacial score (nSPS) is 15.0. The molecule has 0 saturated heterocycles. The standard InChI is InChI=1S/C30H34BrN3O7/c1-30(2,3)41-29(38)32-23-17-40-26-21(27(36)33(4)13-14-35)7-6-8-24(26)34(28(23)37)16-22-20-11-10-19(31)15-18(20)9-12-25(22)39-5/h6-12,15,23,35H,13-14,16-17H2,1-5H3,(H,32,38)/t23-/m0/s1. The minimum absolute atomic E-state index is 0.0635. The van der Waals surface area contributed by atoms with Gasteiger partial charge in [-0.2, -0.15) is 0 Å². The number of nitrogens with zero attached hydrogens (tertiary/aromatic N) is 2. The summed E-state index contributed by atoms with van der Waals surface area (Å²) in [5.74, 6) is -0.0505. The average molecular weight is 629 g/mol. The molecule has 1 atom stereocenters. The number of anilines is 1. The van der Waals surface area contributed by atoms with Crippen LogP contribution in [0.25, 0.3) is 10.8 Å². The Bertz CT molecular complexity index is 1470. The summed E-state index contributed by atoms with van der Waals surface area (Å²) in [6.45, 7) is 4.94. The highest BCUT2D eigenvalue weighted by atomic mass is 79.9. The lowest BCUT2D eigenvalue weighted by atomic mass is 10.0. The van der Waals surface area contributed by atoms with Crippen molar-refractivity contribution in [3.05, 3.63) is 64.1 Å². The molecule has 0 radical (unpaired) electrons. The molecule has 0 spiro atoms. The van der Waals surface area contributed by atoms with Gasteiger partial charge in [-0.3, -0.25) is 9.59 Å². The maximum atomic E-state index is 14.1. The average Bonchev–Trinajstić information content (AvgIpc) is 3.04. The molecule has 0 aliphatic carbocycles. The Hall–Kier alpha value is -3.83. The van der Waals surface area contributed by atoms with Crippen molar-refractivity contribution < 1.29 is 33.7 Å². The number of aliphatic hydroxyl groups excluding tert-OH is 1. The van der Waals surface area contributed by atoms with E-state index in [0.29, 0.717) is 11.4 Å². The fraction of sp³-hybridized carbons (Fsp3) is 0.367. The van der Waals surface area contributed by atoms with Crippen LogP contribution in [0.2, 0.25) is 0 Å². The van der Waals surface area contributed by atoms with E-state index >= 15 is 0 Å². The lowest BCUT2D eigenvalue weighted by Crippen LogP contribution is -2.51. The number of aliphatic hydroxyl groups is 1. The molecule has 3 aromatic carbocycles. The number of likely N-dealkylation sites (N-methyl/N-ethyl adjacent to an activating group) is 1. The Labute approximate surface area is 247 Å². The predicted octanol–water partition coefficient (Wildman–Crippen LogP) is 4.49. The zero-order chi connectivity index (χ0) is 29.9. The molecule has 1 heterocycles. The summed E-state index contributed by atoms with van der Waals surface area (Å²) in [6.07, 6.45) is -0.767. The highest BCUT2D eigenvalue weighted by molar-refractivity contribution is 9.10. The fourth-order valence-electron chi connectivity index (χ4n) is 4.63. The van der Waals surface area contributed by atoms with E-state index in [4.69, 9.17) is 14.2 Å². The van der Waals surface area contributed by atoms with Crippen molar-refractivity contribution in [3.63, 3.8) is 0 Å². The van der Waals surface area contributed by atoms with Gasteiger partial charge in [0.05, 0.1) is 31.5 Å². The summed E-state index contributed by atoms with van der Waals surface area (Å²) >= 11 is 3.51. The van der Waals surface area contributed by atoms with Crippen LogP contribution in [0.1, 0.15) is 36.7 Å². The minimum Gasteiger partial charge on any atom is -0.496 e. The summed E-state index contributed by atoms with van der Waals surface area (Å²) in [5.41, 5.74) is 0.553. The van der Waals surface area contributed by atoms with E-state index in [1.54, 1.807) is 53.1 Å². The number of hydrogen-bond donors (Lipinski definition) is 2. The van der Waals surface area contributed by atoms with Gasteiger partial charge in [0.2, 0.25) is 0 Å². The summed E-state index contributed by atoms with van der Waals surface area (Å²) in [6, 6.07) is 13.5. The van der Waals surface area contributed by atoms with Gasteiger partial charge >= 0.3 is 6.09 Å². The topological polar surface area (TPSA) is 118 Å². The zero-order valence-electron chi connectivity index (χ0n) is 23.7. The molecule has 2 N–H and O–H groups in total. The summed E-state index contributed by atoms with van der Waals surface area (Å²) in [7, 11) is 3.13. The van der Waals surface area contributed by atoms with Gasteiger partial charge in [-0.25, -0.2) is 4.79 Å². The third kappa shape index (κ3) is 6.74. The van der Waals surface area contributed by atoms with E-state index in [1.807, 2.05) is 30.3 Å². The summed E-state index contributed by atoms with van der Waals surface area (Å²) < 4.78 is 18.1. The first-order valence-corrected chi connectivity index (χ1v) is 13.9. The van der Waals surface area contributed by atoms with Crippen LogP contribution in [0.15, 0.2) is 53.0 Å². The number of rotatable bonds is 7. The Morgan fingerprint density at radius 2 is 1.95 bits per heavy atom. The van der Waals surface area contributed by atoms with Gasteiger partial charge in [-0.1, -0.05) is 34.1 Å². The molecule has 10 nitrogen and oxygen atoms in total. The highest BCUT2D eigenvalue weighted by Gasteiger charge is 2.36. The predicted molar refractivity (Wildman–Crippen MR) is 159 cm³/mol. The van der Waals surface area contributed by atoms with Crippen molar-refractivity contribution in [2.75, 3.05) is 38.8 Å². The Morgan fingerprint density at radius 3 is 2.63 bits per heavy atom. The van der Waals surface area contributed by atoms with Gasteiger partial charge in [0.15, 0.2) is 5.75 Å². The number of methoxy groups -OCH3 is 1.